The topological polar surface area (TPSA) is 92.8 Å². The molecule has 1 aromatic rings. The number of hydrogen-bond donors (Lipinski definition) is 1. The zero-order valence-electron chi connectivity index (χ0n) is 14.7. The first-order chi connectivity index (χ1) is 11.7. The molecule has 7 nitrogen and oxygen atoms in total. The smallest absolute Gasteiger partial charge is 0.309 e. The van der Waals surface area contributed by atoms with Crippen molar-refractivity contribution in [2.75, 3.05) is 18.4 Å². The average Bonchev–Trinajstić information content (AvgIpc) is 3.10. The van der Waals surface area contributed by atoms with Gasteiger partial charge in [-0.15, -0.1) is 0 Å². The van der Waals surface area contributed by atoms with Crippen molar-refractivity contribution in [3.05, 3.63) is 24.3 Å². The minimum Gasteiger partial charge on any atom is -0.452 e. The number of sulfonamides is 1. The number of nitrogens with one attached hydrogen (secondary N) is 1. The van der Waals surface area contributed by atoms with Crippen LogP contribution < -0.4 is 5.32 Å². The molecule has 0 aromatic heterocycles. The first-order valence-corrected chi connectivity index (χ1v) is 9.77. The van der Waals surface area contributed by atoms with Crippen LogP contribution >= 0.6 is 0 Å². The molecular weight excluding hydrogens is 344 g/mol. The fourth-order valence-electron chi connectivity index (χ4n) is 2.40. The Morgan fingerprint density at radius 2 is 1.64 bits per heavy atom. The molecule has 1 saturated heterocycles. The third-order valence-electron chi connectivity index (χ3n) is 3.96. The average molecular weight is 368 g/mol. The first kappa shape index (κ1) is 19.4. The molecule has 0 aliphatic carbocycles. The van der Waals surface area contributed by atoms with E-state index in [1.165, 1.54) is 35.5 Å². The Hall–Kier alpha value is -1.93. The SMILES string of the molecule is CC(C)C(=O)O[C@H](C)C(=O)Nc1ccc(S(=O)(=O)N2CCCC2)cc1. The number of benzene rings is 1. The number of rotatable bonds is 6. The number of hydrogen-bond acceptors (Lipinski definition) is 5. The summed E-state index contributed by atoms with van der Waals surface area (Å²) in [6, 6.07) is 5.98. The Bertz CT molecular complexity index is 722. The lowest BCUT2D eigenvalue weighted by Crippen LogP contribution is -2.31. The van der Waals surface area contributed by atoms with Crippen LogP contribution in [0.1, 0.15) is 33.6 Å². The minimum absolute atomic E-state index is 0.201. The lowest BCUT2D eigenvalue weighted by atomic mass is 10.2. The highest BCUT2D eigenvalue weighted by Gasteiger charge is 2.27. The largest absolute Gasteiger partial charge is 0.452 e. The zero-order chi connectivity index (χ0) is 18.6. The van der Waals surface area contributed by atoms with E-state index < -0.39 is 28.0 Å². The molecule has 1 aliphatic rings. The molecule has 1 aromatic carbocycles. The van der Waals surface area contributed by atoms with E-state index >= 15 is 0 Å². The van der Waals surface area contributed by atoms with Crippen molar-refractivity contribution in [3.63, 3.8) is 0 Å². The van der Waals surface area contributed by atoms with Gasteiger partial charge in [0.25, 0.3) is 5.91 Å². The highest BCUT2D eigenvalue weighted by atomic mass is 32.2. The standard InChI is InChI=1S/C17H24N2O5S/c1-12(2)17(21)24-13(3)16(20)18-14-6-8-15(9-7-14)25(22,23)19-10-4-5-11-19/h6-9,12-13H,4-5,10-11H2,1-3H3,(H,18,20)/t13-/m1/s1. The monoisotopic (exact) mass is 368 g/mol. The van der Waals surface area contributed by atoms with Gasteiger partial charge >= 0.3 is 5.97 Å². The molecule has 1 aliphatic heterocycles. The Labute approximate surface area is 148 Å². The highest BCUT2D eigenvalue weighted by molar-refractivity contribution is 7.89. The summed E-state index contributed by atoms with van der Waals surface area (Å²) >= 11 is 0. The van der Waals surface area contributed by atoms with Gasteiger partial charge in [0, 0.05) is 18.8 Å². The van der Waals surface area contributed by atoms with Crippen LogP contribution in [0.25, 0.3) is 0 Å². The Kier molecular flexibility index (Phi) is 6.18. The van der Waals surface area contributed by atoms with Crippen molar-refractivity contribution in [2.24, 2.45) is 5.92 Å². The van der Waals surface area contributed by atoms with Gasteiger partial charge in [0.2, 0.25) is 10.0 Å². The van der Waals surface area contributed by atoms with E-state index in [0.29, 0.717) is 18.8 Å². The first-order valence-electron chi connectivity index (χ1n) is 8.33. The Balaban J connectivity index is 2.00. The third kappa shape index (κ3) is 4.79. The summed E-state index contributed by atoms with van der Waals surface area (Å²) in [5.74, 6) is -1.23. The van der Waals surface area contributed by atoms with Crippen LogP contribution in [-0.4, -0.2) is 43.8 Å². The summed E-state index contributed by atoms with van der Waals surface area (Å²) in [6.07, 6.45) is 0.823. The quantitative estimate of drug-likeness (QED) is 0.775. The van der Waals surface area contributed by atoms with Crippen molar-refractivity contribution in [3.8, 4) is 0 Å². The molecule has 0 spiro atoms. The molecule has 138 valence electrons. The van der Waals surface area contributed by atoms with Gasteiger partial charge in [-0.1, -0.05) is 13.8 Å². The van der Waals surface area contributed by atoms with E-state index in [9.17, 15) is 18.0 Å². The van der Waals surface area contributed by atoms with Crippen LogP contribution in [0.3, 0.4) is 0 Å². The molecule has 8 heteroatoms. The normalized spacial score (nSPS) is 16.6. The number of amides is 1. The second-order valence-corrected chi connectivity index (χ2v) is 8.30. The molecule has 0 saturated carbocycles. The summed E-state index contributed by atoms with van der Waals surface area (Å²) in [7, 11) is -3.47. The van der Waals surface area contributed by atoms with Crippen molar-refractivity contribution >= 4 is 27.6 Å². The summed E-state index contributed by atoms with van der Waals surface area (Å²) < 4.78 is 31.4. The van der Waals surface area contributed by atoms with Crippen molar-refractivity contribution in [1.82, 2.24) is 4.31 Å². The van der Waals surface area contributed by atoms with Crippen LogP contribution in [0.5, 0.6) is 0 Å². The predicted molar refractivity (Wildman–Crippen MR) is 93.5 cm³/mol. The number of anilines is 1. The summed E-state index contributed by atoms with van der Waals surface area (Å²) in [4.78, 5) is 23.8. The maximum atomic E-state index is 12.4. The van der Waals surface area contributed by atoms with Crippen LogP contribution in [0.15, 0.2) is 29.2 Å². The minimum atomic E-state index is -3.47. The van der Waals surface area contributed by atoms with Crippen LogP contribution in [0, 0.1) is 5.92 Å². The predicted octanol–water partition coefficient (Wildman–Crippen LogP) is 2.00. The Morgan fingerprint density at radius 3 is 2.16 bits per heavy atom. The molecule has 25 heavy (non-hydrogen) atoms. The molecule has 1 atom stereocenters. The van der Waals surface area contributed by atoms with Gasteiger partial charge in [0.15, 0.2) is 6.10 Å². The Morgan fingerprint density at radius 1 is 1.08 bits per heavy atom. The second-order valence-electron chi connectivity index (χ2n) is 6.36. The van der Waals surface area contributed by atoms with Gasteiger partial charge in [-0.05, 0) is 44.0 Å². The molecule has 1 heterocycles. The molecule has 0 bridgehead atoms. The molecule has 1 fully saturated rings. The number of carbonyl (C=O) groups is 2. The van der Waals surface area contributed by atoms with Crippen LogP contribution in [0.4, 0.5) is 5.69 Å². The summed E-state index contributed by atoms with van der Waals surface area (Å²) in [5, 5.41) is 2.61. The second kappa shape index (κ2) is 7.97. The van der Waals surface area contributed by atoms with Gasteiger partial charge < -0.3 is 10.1 Å². The fourth-order valence-corrected chi connectivity index (χ4v) is 3.91. The molecular formula is C17H24N2O5S. The van der Waals surface area contributed by atoms with Crippen LogP contribution in [0.2, 0.25) is 0 Å². The number of nitrogens with zero attached hydrogens (tertiary/aromatic N) is 1. The van der Waals surface area contributed by atoms with E-state index in [0.717, 1.165) is 12.8 Å². The van der Waals surface area contributed by atoms with E-state index in [4.69, 9.17) is 4.74 Å². The van der Waals surface area contributed by atoms with Gasteiger partial charge in [0.05, 0.1) is 10.8 Å². The van der Waals surface area contributed by atoms with E-state index in [-0.39, 0.29) is 10.8 Å². The summed E-state index contributed by atoms with van der Waals surface area (Å²) in [5.41, 5.74) is 0.442. The molecule has 0 unspecified atom stereocenters. The van der Waals surface area contributed by atoms with Crippen molar-refractivity contribution in [2.45, 2.75) is 44.6 Å². The van der Waals surface area contributed by atoms with Crippen molar-refractivity contribution in [1.29, 1.82) is 0 Å². The van der Waals surface area contributed by atoms with Gasteiger partial charge in [-0.25, -0.2) is 8.42 Å². The summed E-state index contributed by atoms with van der Waals surface area (Å²) in [6.45, 7) is 5.94. The third-order valence-corrected chi connectivity index (χ3v) is 5.87. The number of esters is 1. The fraction of sp³-hybridized carbons (Fsp3) is 0.529. The lowest BCUT2D eigenvalue weighted by molar-refractivity contribution is -0.156. The molecule has 2 rings (SSSR count). The van der Waals surface area contributed by atoms with Gasteiger partial charge in [-0.3, -0.25) is 9.59 Å². The molecule has 0 radical (unpaired) electrons. The number of carbonyl (C=O) groups excluding carboxylic acids is 2. The molecule has 1 amide bonds. The van der Waals surface area contributed by atoms with E-state index in [2.05, 4.69) is 5.32 Å². The highest BCUT2D eigenvalue weighted by Crippen LogP contribution is 2.22. The number of ether oxygens (including phenoxy) is 1. The van der Waals surface area contributed by atoms with Crippen molar-refractivity contribution < 1.29 is 22.7 Å². The van der Waals surface area contributed by atoms with Gasteiger partial charge in [0.1, 0.15) is 0 Å². The van der Waals surface area contributed by atoms with E-state index in [1.807, 2.05) is 0 Å². The van der Waals surface area contributed by atoms with Crippen LogP contribution in [-0.2, 0) is 24.3 Å². The van der Waals surface area contributed by atoms with Gasteiger partial charge in [-0.2, -0.15) is 4.31 Å². The lowest BCUT2D eigenvalue weighted by Gasteiger charge is -2.17. The van der Waals surface area contributed by atoms with E-state index in [1.54, 1.807) is 13.8 Å². The zero-order valence-corrected chi connectivity index (χ0v) is 15.5. The maximum absolute atomic E-state index is 12.4. The maximum Gasteiger partial charge on any atom is 0.309 e. The molecule has 1 N–H and O–H groups in total.